The zero-order valence-electron chi connectivity index (χ0n) is 10.1. The third kappa shape index (κ3) is 1.99. The number of aliphatic hydroxyl groups excluding tert-OH is 1. The van der Waals surface area contributed by atoms with Gasteiger partial charge in [-0.25, -0.2) is 0 Å². The smallest absolute Gasteiger partial charge is 0.0951 e. The zero-order chi connectivity index (χ0) is 12.5. The average molecular weight is 243 g/mol. The minimum absolute atomic E-state index is 0.0957. The van der Waals surface area contributed by atoms with Crippen LogP contribution >= 0.6 is 0 Å². The Morgan fingerprint density at radius 2 is 2.17 bits per heavy atom. The highest BCUT2D eigenvalue weighted by Gasteiger charge is 2.26. The van der Waals surface area contributed by atoms with Gasteiger partial charge in [0.05, 0.1) is 17.3 Å². The Hall–Kier alpha value is -1.81. The number of fused-ring (bicyclic) bond motifs is 1. The number of hydrogen-bond donors (Lipinski definition) is 3. The SMILES string of the molecule is Nc1ccc(NCC2CC(O)C2)c2cccnc12. The fraction of sp³-hybridized carbons (Fsp3) is 0.357. The molecular formula is C14H17N3O. The first-order valence-electron chi connectivity index (χ1n) is 6.29. The topological polar surface area (TPSA) is 71.2 Å². The summed E-state index contributed by atoms with van der Waals surface area (Å²) in [7, 11) is 0. The van der Waals surface area contributed by atoms with Crippen LogP contribution in [0.25, 0.3) is 10.9 Å². The number of benzene rings is 1. The average Bonchev–Trinajstić information content (AvgIpc) is 2.36. The van der Waals surface area contributed by atoms with Crippen LogP contribution in [0, 0.1) is 5.92 Å². The summed E-state index contributed by atoms with van der Waals surface area (Å²) in [6.07, 6.45) is 3.46. The number of nitrogens with zero attached hydrogens (tertiary/aromatic N) is 1. The van der Waals surface area contributed by atoms with Gasteiger partial charge in [0, 0.05) is 23.8 Å². The molecular weight excluding hydrogens is 226 g/mol. The standard InChI is InChI=1S/C14H17N3O/c15-12-3-4-13(11-2-1-5-16-14(11)12)17-8-9-6-10(18)7-9/h1-5,9-10,17-18H,6-8,15H2. The molecule has 3 rings (SSSR count). The van der Waals surface area contributed by atoms with Crippen LogP contribution in [0.1, 0.15) is 12.8 Å². The number of nitrogens with two attached hydrogens (primary N) is 1. The predicted molar refractivity (Wildman–Crippen MR) is 73.4 cm³/mol. The van der Waals surface area contributed by atoms with E-state index in [0.29, 0.717) is 11.6 Å². The van der Waals surface area contributed by atoms with Crippen LogP contribution in [-0.2, 0) is 0 Å². The highest BCUT2D eigenvalue weighted by atomic mass is 16.3. The van der Waals surface area contributed by atoms with E-state index >= 15 is 0 Å². The molecule has 4 nitrogen and oxygen atoms in total. The minimum atomic E-state index is -0.0957. The minimum Gasteiger partial charge on any atom is -0.397 e. The molecule has 0 saturated heterocycles. The van der Waals surface area contributed by atoms with Crippen LogP contribution in [-0.4, -0.2) is 22.7 Å². The molecule has 1 aliphatic carbocycles. The molecule has 1 saturated carbocycles. The molecule has 0 atom stereocenters. The van der Waals surface area contributed by atoms with Crippen molar-refractivity contribution in [1.29, 1.82) is 0 Å². The van der Waals surface area contributed by atoms with Crippen molar-refractivity contribution in [1.82, 2.24) is 4.98 Å². The molecule has 0 spiro atoms. The van der Waals surface area contributed by atoms with E-state index in [1.165, 1.54) is 0 Å². The van der Waals surface area contributed by atoms with Crippen molar-refractivity contribution in [2.24, 2.45) is 5.92 Å². The molecule has 1 fully saturated rings. The van der Waals surface area contributed by atoms with Gasteiger partial charge in [0.15, 0.2) is 0 Å². The number of nitrogen functional groups attached to an aromatic ring is 1. The van der Waals surface area contributed by atoms with Gasteiger partial charge in [-0.1, -0.05) is 0 Å². The Bertz CT molecular complexity index is 564. The summed E-state index contributed by atoms with van der Waals surface area (Å²) in [6.45, 7) is 0.894. The molecule has 94 valence electrons. The summed E-state index contributed by atoms with van der Waals surface area (Å²) in [4.78, 5) is 4.31. The molecule has 0 unspecified atom stereocenters. The Morgan fingerprint density at radius 3 is 2.94 bits per heavy atom. The number of hydrogen-bond acceptors (Lipinski definition) is 4. The van der Waals surface area contributed by atoms with E-state index in [9.17, 15) is 5.11 Å². The lowest BCUT2D eigenvalue weighted by molar-refractivity contribution is 0.0487. The van der Waals surface area contributed by atoms with Crippen LogP contribution < -0.4 is 11.1 Å². The van der Waals surface area contributed by atoms with Crippen molar-refractivity contribution in [2.75, 3.05) is 17.6 Å². The van der Waals surface area contributed by atoms with E-state index in [0.717, 1.165) is 36.0 Å². The van der Waals surface area contributed by atoms with Crippen LogP contribution in [0.2, 0.25) is 0 Å². The third-order valence-electron chi connectivity index (χ3n) is 3.59. The molecule has 4 N–H and O–H groups in total. The van der Waals surface area contributed by atoms with Crippen molar-refractivity contribution in [2.45, 2.75) is 18.9 Å². The van der Waals surface area contributed by atoms with E-state index in [1.54, 1.807) is 6.20 Å². The van der Waals surface area contributed by atoms with Gasteiger partial charge in [0.25, 0.3) is 0 Å². The molecule has 0 radical (unpaired) electrons. The molecule has 0 amide bonds. The van der Waals surface area contributed by atoms with Crippen LogP contribution in [0.5, 0.6) is 0 Å². The van der Waals surface area contributed by atoms with Crippen LogP contribution in [0.3, 0.4) is 0 Å². The predicted octanol–water partition coefficient (Wildman–Crippen LogP) is 2.00. The number of aliphatic hydroxyl groups is 1. The molecule has 2 aromatic rings. The number of aromatic nitrogens is 1. The van der Waals surface area contributed by atoms with Gasteiger partial charge in [-0.15, -0.1) is 0 Å². The second-order valence-corrected chi connectivity index (χ2v) is 4.97. The van der Waals surface area contributed by atoms with Gasteiger partial charge in [0.2, 0.25) is 0 Å². The van der Waals surface area contributed by atoms with Crippen molar-refractivity contribution in [3.05, 3.63) is 30.5 Å². The quantitative estimate of drug-likeness (QED) is 0.721. The molecule has 1 aliphatic rings. The van der Waals surface area contributed by atoms with E-state index in [-0.39, 0.29) is 6.10 Å². The summed E-state index contributed by atoms with van der Waals surface area (Å²) < 4.78 is 0. The molecule has 0 bridgehead atoms. The fourth-order valence-electron chi connectivity index (χ4n) is 2.47. The summed E-state index contributed by atoms with van der Waals surface area (Å²) >= 11 is 0. The largest absolute Gasteiger partial charge is 0.397 e. The van der Waals surface area contributed by atoms with E-state index in [4.69, 9.17) is 5.73 Å². The van der Waals surface area contributed by atoms with Gasteiger partial charge >= 0.3 is 0 Å². The Balaban J connectivity index is 1.81. The van der Waals surface area contributed by atoms with Crippen molar-refractivity contribution in [3.63, 3.8) is 0 Å². The van der Waals surface area contributed by atoms with Crippen molar-refractivity contribution < 1.29 is 5.11 Å². The monoisotopic (exact) mass is 243 g/mol. The van der Waals surface area contributed by atoms with Gasteiger partial charge in [-0.05, 0) is 43.0 Å². The second kappa shape index (κ2) is 4.46. The Kier molecular flexibility index (Phi) is 2.80. The molecule has 1 heterocycles. The molecule has 18 heavy (non-hydrogen) atoms. The highest BCUT2D eigenvalue weighted by molar-refractivity contribution is 5.98. The highest BCUT2D eigenvalue weighted by Crippen LogP contribution is 2.30. The van der Waals surface area contributed by atoms with Gasteiger partial charge in [0.1, 0.15) is 0 Å². The number of nitrogens with one attached hydrogen (secondary N) is 1. The maximum Gasteiger partial charge on any atom is 0.0951 e. The maximum atomic E-state index is 9.27. The lowest BCUT2D eigenvalue weighted by Crippen LogP contribution is -2.33. The van der Waals surface area contributed by atoms with Gasteiger partial charge in [-0.3, -0.25) is 4.98 Å². The number of rotatable bonds is 3. The zero-order valence-corrected chi connectivity index (χ0v) is 10.1. The number of pyridine rings is 1. The molecule has 1 aromatic carbocycles. The normalized spacial score (nSPS) is 22.7. The Labute approximate surface area is 106 Å². The first-order chi connectivity index (χ1) is 8.74. The van der Waals surface area contributed by atoms with E-state index in [2.05, 4.69) is 10.3 Å². The van der Waals surface area contributed by atoms with E-state index < -0.39 is 0 Å². The van der Waals surface area contributed by atoms with Crippen molar-refractivity contribution >= 4 is 22.3 Å². The van der Waals surface area contributed by atoms with E-state index in [1.807, 2.05) is 24.3 Å². The Morgan fingerprint density at radius 1 is 1.33 bits per heavy atom. The molecule has 1 aromatic heterocycles. The summed E-state index contributed by atoms with van der Waals surface area (Å²) in [5.41, 5.74) is 8.52. The van der Waals surface area contributed by atoms with Crippen molar-refractivity contribution in [3.8, 4) is 0 Å². The third-order valence-corrected chi connectivity index (χ3v) is 3.59. The van der Waals surface area contributed by atoms with Gasteiger partial charge < -0.3 is 16.2 Å². The summed E-state index contributed by atoms with van der Waals surface area (Å²) in [6, 6.07) is 7.82. The number of anilines is 2. The van der Waals surface area contributed by atoms with Gasteiger partial charge in [-0.2, -0.15) is 0 Å². The lowest BCUT2D eigenvalue weighted by atomic mass is 9.82. The summed E-state index contributed by atoms with van der Waals surface area (Å²) in [5.74, 6) is 0.573. The lowest BCUT2D eigenvalue weighted by Gasteiger charge is -2.31. The molecule has 0 aliphatic heterocycles. The second-order valence-electron chi connectivity index (χ2n) is 4.97. The molecule has 4 heteroatoms. The van der Waals surface area contributed by atoms with Crippen LogP contribution in [0.4, 0.5) is 11.4 Å². The first-order valence-corrected chi connectivity index (χ1v) is 6.29. The summed E-state index contributed by atoms with van der Waals surface area (Å²) in [5, 5.41) is 13.8. The first kappa shape index (κ1) is 11.3. The van der Waals surface area contributed by atoms with Crippen LogP contribution in [0.15, 0.2) is 30.5 Å². The fourth-order valence-corrected chi connectivity index (χ4v) is 2.47. The maximum absolute atomic E-state index is 9.27.